The van der Waals surface area contributed by atoms with Crippen LogP contribution in [-0.4, -0.2) is 31.5 Å². The fourth-order valence-electron chi connectivity index (χ4n) is 3.42. The number of likely N-dealkylation sites (N-methyl/N-ethyl adjacent to an activating group) is 1. The summed E-state index contributed by atoms with van der Waals surface area (Å²) in [6.07, 6.45) is 0.923. The SMILES string of the molecule is COc1cc(C(C)C)c(Cl)cc1C(=O)Nc1cccc2c1CCN(C)C2. The van der Waals surface area contributed by atoms with Gasteiger partial charge in [-0.05, 0) is 54.3 Å². The Morgan fingerprint density at radius 3 is 2.77 bits per heavy atom. The molecule has 1 heterocycles. The molecular formula is C21H25ClN2O2. The zero-order valence-corrected chi connectivity index (χ0v) is 16.5. The lowest BCUT2D eigenvalue weighted by Crippen LogP contribution is -2.27. The largest absolute Gasteiger partial charge is 0.496 e. The van der Waals surface area contributed by atoms with Crippen LogP contribution in [0.4, 0.5) is 5.69 Å². The summed E-state index contributed by atoms with van der Waals surface area (Å²) in [6.45, 7) is 6.01. The van der Waals surface area contributed by atoms with Gasteiger partial charge in [0.1, 0.15) is 5.75 Å². The normalized spacial score (nSPS) is 14.2. The van der Waals surface area contributed by atoms with Crippen molar-refractivity contribution < 1.29 is 9.53 Å². The standard InChI is InChI=1S/C21H25ClN2O2/c1-13(2)16-11-20(26-4)17(10-18(16)22)21(25)23-19-7-5-6-14-12-24(3)9-8-15(14)19/h5-7,10-11,13H,8-9,12H2,1-4H3,(H,23,25). The molecule has 0 aliphatic carbocycles. The van der Waals surface area contributed by atoms with Gasteiger partial charge in [-0.15, -0.1) is 0 Å². The maximum atomic E-state index is 12.9. The van der Waals surface area contributed by atoms with Crippen LogP contribution < -0.4 is 10.1 Å². The summed E-state index contributed by atoms with van der Waals surface area (Å²) in [7, 11) is 3.68. The van der Waals surface area contributed by atoms with Crippen LogP contribution in [0, 0.1) is 0 Å². The van der Waals surface area contributed by atoms with Gasteiger partial charge in [0.2, 0.25) is 0 Å². The lowest BCUT2D eigenvalue weighted by Gasteiger charge is -2.27. The predicted molar refractivity (Wildman–Crippen MR) is 107 cm³/mol. The molecule has 1 N–H and O–H groups in total. The third-order valence-electron chi connectivity index (χ3n) is 4.89. The summed E-state index contributed by atoms with van der Waals surface area (Å²) in [5.74, 6) is 0.596. The van der Waals surface area contributed by atoms with E-state index < -0.39 is 0 Å². The lowest BCUT2D eigenvalue weighted by atomic mass is 9.97. The Balaban J connectivity index is 1.92. The molecule has 26 heavy (non-hydrogen) atoms. The van der Waals surface area contributed by atoms with Gasteiger partial charge < -0.3 is 15.0 Å². The minimum Gasteiger partial charge on any atom is -0.496 e. The Morgan fingerprint density at radius 2 is 2.08 bits per heavy atom. The number of benzene rings is 2. The average molecular weight is 373 g/mol. The number of ether oxygens (including phenoxy) is 1. The van der Waals surface area contributed by atoms with Crippen molar-refractivity contribution in [3.63, 3.8) is 0 Å². The number of hydrogen-bond acceptors (Lipinski definition) is 3. The van der Waals surface area contributed by atoms with Crippen molar-refractivity contribution in [3.8, 4) is 5.75 Å². The third-order valence-corrected chi connectivity index (χ3v) is 5.22. The smallest absolute Gasteiger partial charge is 0.259 e. The Morgan fingerprint density at radius 1 is 1.31 bits per heavy atom. The van der Waals surface area contributed by atoms with Gasteiger partial charge in [-0.1, -0.05) is 37.6 Å². The highest BCUT2D eigenvalue weighted by atomic mass is 35.5. The monoisotopic (exact) mass is 372 g/mol. The number of halogens is 1. The number of nitrogens with zero attached hydrogens (tertiary/aromatic N) is 1. The third kappa shape index (κ3) is 3.71. The van der Waals surface area contributed by atoms with Gasteiger partial charge in [0.25, 0.3) is 5.91 Å². The number of nitrogens with one attached hydrogen (secondary N) is 1. The first-order valence-corrected chi connectivity index (χ1v) is 9.26. The van der Waals surface area contributed by atoms with E-state index in [1.807, 2.05) is 18.2 Å². The highest BCUT2D eigenvalue weighted by Crippen LogP contribution is 2.33. The fourth-order valence-corrected chi connectivity index (χ4v) is 3.80. The second kappa shape index (κ2) is 7.68. The zero-order valence-electron chi connectivity index (χ0n) is 15.7. The van der Waals surface area contributed by atoms with E-state index in [9.17, 15) is 4.79 Å². The number of methoxy groups -OCH3 is 1. The molecule has 1 aliphatic rings. The Labute approximate surface area is 160 Å². The van der Waals surface area contributed by atoms with Crippen molar-refractivity contribution in [3.05, 3.63) is 57.6 Å². The van der Waals surface area contributed by atoms with Crippen LogP contribution in [-0.2, 0) is 13.0 Å². The summed E-state index contributed by atoms with van der Waals surface area (Å²) >= 11 is 6.39. The Kier molecular flexibility index (Phi) is 5.54. The molecule has 0 bridgehead atoms. The van der Waals surface area contributed by atoms with E-state index in [2.05, 4.69) is 37.2 Å². The highest BCUT2D eigenvalue weighted by molar-refractivity contribution is 6.32. The lowest BCUT2D eigenvalue weighted by molar-refractivity contribution is 0.102. The van der Waals surface area contributed by atoms with Crippen molar-refractivity contribution in [1.29, 1.82) is 0 Å². The van der Waals surface area contributed by atoms with Crippen LogP contribution in [0.3, 0.4) is 0 Å². The second-order valence-electron chi connectivity index (χ2n) is 7.11. The molecule has 0 fully saturated rings. The number of carbonyl (C=O) groups is 1. The van der Waals surface area contributed by atoms with Crippen molar-refractivity contribution in [2.45, 2.75) is 32.7 Å². The summed E-state index contributed by atoms with van der Waals surface area (Å²) in [6, 6.07) is 9.62. The molecule has 1 amide bonds. The van der Waals surface area contributed by atoms with Gasteiger partial charge in [-0.25, -0.2) is 0 Å². The topological polar surface area (TPSA) is 41.6 Å². The van der Waals surface area contributed by atoms with Crippen LogP contribution in [0.2, 0.25) is 5.02 Å². The van der Waals surface area contributed by atoms with Gasteiger partial charge >= 0.3 is 0 Å². The molecule has 3 rings (SSSR count). The molecule has 0 radical (unpaired) electrons. The summed E-state index contributed by atoms with van der Waals surface area (Å²) in [5.41, 5.74) is 4.76. The van der Waals surface area contributed by atoms with E-state index in [4.69, 9.17) is 16.3 Å². The van der Waals surface area contributed by atoms with E-state index in [0.29, 0.717) is 16.3 Å². The highest BCUT2D eigenvalue weighted by Gasteiger charge is 2.20. The van der Waals surface area contributed by atoms with Gasteiger partial charge in [0.05, 0.1) is 12.7 Å². The van der Waals surface area contributed by atoms with E-state index in [-0.39, 0.29) is 11.8 Å². The molecule has 0 spiro atoms. The molecule has 1 aliphatic heterocycles. The molecule has 138 valence electrons. The van der Waals surface area contributed by atoms with Gasteiger partial charge in [-0.3, -0.25) is 4.79 Å². The van der Waals surface area contributed by atoms with Crippen molar-refractivity contribution in [1.82, 2.24) is 4.90 Å². The molecule has 4 nitrogen and oxygen atoms in total. The molecule has 5 heteroatoms. The number of rotatable bonds is 4. The minimum absolute atomic E-state index is 0.202. The minimum atomic E-state index is -0.202. The molecule has 0 unspecified atom stereocenters. The molecular weight excluding hydrogens is 348 g/mol. The van der Waals surface area contributed by atoms with Crippen LogP contribution >= 0.6 is 11.6 Å². The number of amides is 1. The van der Waals surface area contributed by atoms with E-state index in [0.717, 1.165) is 30.8 Å². The number of fused-ring (bicyclic) bond motifs is 1. The van der Waals surface area contributed by atoms with Gasteiger partial charge in [-0.2, -0.15) is 0 Å². The first-order chi connectivity index (χ1) is 12.4. The molecule has 2 aromatic rings. The van der Waals surface area contributed by atoms with Crippen LogP contribution in [0.25, 0.3) is 0 Å². The first-order valence-electron chi connectivity index (χ1n) is 8.88. The summed E-state index contributed by atoms with van der Waals surface area (Å²) < 4.78 is 5.45. The number of hydrogen-bond donors (Lipinski definition) is 1. The molecule has 0 atom stereocenters. The van der Waals surface area contributed by atoms with E-state index in [1.165, 1.54) is 11.1 Å². The zero-order chi connectivity index (χ0) is 18.8. The van der Waals surface area contributed by atoms with Crippen molar-refractivity contribution >= 4 is 23.2 Å². The average Bonchev–Trinajstić information content (AvgIpc) is 2.61. The van der Waals surface area contributed by atoms with Crippen molar-refractivity contribution in [2.24, 2.45) is 0 Å². The Bertz CT molecular complexity index is 833. The Hall–Kier alpha value is -2.04. The van der Waals surface area contributed by atoms with Gasteiger partial charge in [0.15, 0.2) is 0 Å². The molecule has 2 aromatic carbocycles. The van der Waals surface area contributed by atoms with Crippen LogP contribution in [0.1, 0.15) is 46.8 Å². The molecule has 0 saturated heterocycles. The predicted octanol–water partition coefficient (Wildman–Crippen LogP) is 4.71. The maximum absolute atomic E-state index is 12.9. The second-order valence-corrected chi connectivity index (χ2v) is 7.52. The number of anilines is 1. The van der Waals surface area contributed by atoms with E-state index >= 15 is 0 Å². The molecule has 0 aromatic heterocycles. The van der Waals surface area contributed by atoms with Crippen molar-refractivity contribution in [2.75, 3.05) is 26.0 Å². The maximum Gasteiger partial charge on any atom is 0.259 e. The van der Waals surface area contributed by atoms with Gasteiger partial charge in [0, 0.05) is 23.8 Å². The van der Waals surface area contributed by atoms with Crippen LogP contribution in [0.5, 0.6) is 5.75 Å². The quantitative estimate of drug-likeness (QED) is 0.844. The fraction of sp³-hybridized carbons (Fsp3) is 0.381. The van der Waals surface area contributed by atoms with Crippen LogP contribution in [0.15, 0.2) is 30.3 Å². The summed E-state index contributed by atoms with van der Waals surface area (Å²) in [4.78, 5) is 15.2. The van der Waals surface area contributed by atoms with E-state index in [1.54, 1.807) is 13.2 Å². The number of carbonyl (C=O) groups excluding carboxylic acids is 1. The first kappa shape index (κ1) is 18.7. The summed E-state index contributed by atoms with van der Waals surface area (Å²) in [5, 5.41) is 3.64. The molecule has 0 saturated carbocycles.